The highest BCUT2D eigenvalue weighted by atomic mass is 16.5. The van der Waals surface area contributed by atoms with Crippen LogP contribution in [0.5, 0.6) is 0 Å². The van der Waals surface area contributed by atoms with E-state index in [1.165, 1.54) is 33.4 Å². The summed E-state index contributed by atoms with van der Waals surface area (Å²) in [6.07, 6.45) is 13.3. The van der Waals surface area contributed by atoms with Crippen LogP contribution in [0.25, 0.3) is 12.2 Å². The summed E-state index contributed by atoms with van der Waals surface area (Å²) in [5.41, 5.74) is 8.97. The molecule has 0 radical (unpaired) electrons. The van der Waals surface area contributed by atoms with Crippen molar-refractivity contribution in [2.24, 2.45) is 0 Å². The Morgan fingerprint density at radius 3 is 1.15 bits per heavy atom. The minimum atomic E-state index is 0.134. The molecule has 0 spiro atoms. The van der Waals surface area contributed by atoms with Crippen molar-refractivity contribution < 1.29 is 4.74 Å². The molecule has 2 aromatic rings. The Balaban J connectivity index is 2.14. The van der Waals surface area contributed by atoms with Gasteiger partial charge in [0.1, 0.15) is 0 Å². The van der Waals surface area contributed by atoms with Crippen LogP contribution in [-0.4, -0.2) is 13.2 Å². The molecule has 0 aliphatic rings. The first-order valence-corrected chi connectivity index (χ1v) is 15.4. The van der Waals surface area contributed by atoms with Crippen LogP contribution in [0.15, 0.2) is 48.6 Å². The summed E-state index contributed by atoms with van der Waals surface area (Å²) >= 11 is 0. The van der Waals surface area contributed by atoms with Crippen molar-refractivity contribution in [2.45, 2.75) is 130 Å². The van der Waals surface area contributed by atoms with E-state index < -0.39 is 0 Å². The van der Waals surface area contributed by atoms with Gasteiger partial charge in [0.25, 0.3) is 0 Å². The molecule has 39 heavy (non-hydrogen) atoms. The van der Waals surface area contributed by atoms with Gasteiger partial charge in [-0.1, -0.05) is 144 Å². The zero-order chi connectivity index (χ0) is 29.5. The molecule has 0 saturated heterocycles. The summed E-state index contributed by atoms with van der Waals surface area (Å²) in [6, 6.07) is 14.1. The quantitative estimate of drug-likeness (QED) is 0.221. The fraction of sp³-hybridized carbons (Fsp3) is 0.579. The lowest BCUT2D eigenvalue weighted by molar-refractivity contribution is 0.195. The zero-order valence-electron chi connectivity index (χ0n) is 27.4. The van der Waals surface area contributed by atoms with Crippen LogP contribution in [0.1, 0.15) is 142 Å². The van der Waals surface area contributed by atoms with Crippen LogP contribution in [0, 0.1) is 0 Å². The molecule has 0 fully saturated rings. The van der Waals surface area contributed by atoms with Crippen molar-refractivity contribution in [1.82, 2.24) is 0 Å². The molecule has 2 aromatic carbocycles. The van der Waals surface area contributed by atoms with Crippen LogP contribution >= 0.6 is 0 Å². The fourth-order valence-electron chi connectivity index (χ4n) is 4.76. The average molecular weight is 531 g/mol. The topological polar surface area (TPSA) is 9.23 Å². The van der Waals surface area contributed by atoms with Crippen molar-refractivity contribution in [3.05, 3.63) is 81.9 Å². The second kappa shape index (κ2) is 13.5. The van der Waals surface area contributed by atoms with Crippen LogP contribution in [0.4, 0.5) is 0 Å². The van der Waals surface area contributed by atoms with Gasteiger partial charge in [-0.2, -0.15) is 0 Å². The number of hydrogen-bond acceptors (Lipinski definition) is 1. The standard InChI is InChI=1S/C38H58O/c1-13-35(5,6)31-23-21-29(33(27-31)37(9,10)15-3)19-17-25-39-26-18-20-30-22-24-32(36(7,8)14-2)28-34(30)38(11,12)16-4/h17-24,27-28H,13-16,25-26H2,1-12H3. The Bertz CT molecular complexity index is 1030. The lowest BCUT2D eigenvalue weighted by Crippen LogP contribution is -2.21. The van der Waals surface area contributed by atoms with Crippen LogP contribution < -0.4 is 0 Å². The third-order valence-corrected chi connectivity index (χ3v) is 9.69. The third kappa shape index (κ3) is 8.43. The van der Waals surface area contributed by atoms with Gasteiger partial charge in [-0.25, -0.2) is 0 Å². The maximum atomic E-state index is 6.00. The molecular formula is C38H58O. The van der Waals surface area contributed by atoms with Crippen LogP contribution in [0.2, 0.25) is 0 Å². The molecule has 0 aromatic heterocycles. The summed E-state index contributed by atoms with van der Waals surface area (Å²) in [6.45, 7) is 29.1. The SMILES string of the molecule is CCC(C)(C)c1ccc(C=CCOCC=Cc2ccc(C(C)(C)CC)cc2C(C)(C)CC)c(C(C)(C)CC)c1. The van der Waals surface area contributed by atoms with E-state index in [0.29, 0.717) is 13.2 Å². The third-order valence-electron chi connectivity index (χ3n) is 9.69. The Morgan fingerprint density at radius 1 is 0.513 bits per heavy atom. The number of ether oxygens (including phenoxy) is 1. The number of benzene rings is 2. The predicted molar refractivity (Wildman–Crippen MR) is 175 cm³/mol. The van der Waals surface area contributed by atoms with Crippen LogP contribution in [0.3, 0.4) is 0 Å². The van der Waals surface area contributed by atoms with E-state index in [1.54, 1.807) is 0 Å². The van der Waals surface area contributed by atoms with E-state index in [-0.39, 0.29) is 21.7 Å². The van der Waals surface area contributed by atoms with Gasteiger partial charge in [0, 0.05) is 0 Å². The molecule has 2 rings (SSSR count). The molecule has 0 atom stereocenters. The van der Waals surface area contributed by atoms with Gasteiger partial charge in [0.2, 0.25) is 0 Å². The van der Waals surface area contributed by atoms with E-state index in [0.717, 1.165) is 25.7 Å². The average Bonchev–Trinajstić information content (AvgIpc) is 2.92. The summed E-state index contributed by atoms with van der Waals surface area (Å²) < 4.78 is 6.00. The van der Waals surface area contributed by atoms with E-state index in [4.69, 9.17) is 4.74 Å². The minimum absolute atomic E-state index is 0.134. The molecule has 0 unspecified atom stereocenters. The molecule has 0 bridgehead atoms. The number of hydrogen-bond donors (Lipinski definition) is 0. The van der Waals surface area contributed by atoms with Crippen molar-refractivity contribution in [3.63, 3.8) is 0 Å². The van der Waals surface area contributed by atoms with Crippen molar-refractivity contribution in [1.29, 1.82) is 0 Å². The predicted octanol–water partition coefficient (Wildman–Crippen LogP) is 11.2. The summed E-state index contributed by atoms with van der Waals surface area (Å²) in [5.74, 6) is 0. The van der Waals surface area contributed by atoms with Crippen molar-refractivity contribution >= 4 is 12.2 Å². The molecule has 0 saturated carbocycles. The monoisotopic (exact) mass is 530 g/mol. The van der Waals surface area contributed by atoms with Gasteiger partial charge in [-0.15, -0.1) is 0 Å². The molecule has 1 heteroatoms. The molecule has 0 aliphatic carbocycles. The van der Waals surface area contributed by atoms with Gasteiger partial charge in [0.15, 0.2) is 0 Å². The number of rotatable bonds is 14. The second-order valence-corrected chi connectivity index (χ2v) is 13.9. The van der Waals surface area contributed by atoms with E-state index >= 15 is 0 Å². The smallest absolute Gasteiger partial charge is 0.0655 e. The molecular weight excluding hydrogens is 472 g/mol. The highest BCUT2D eigenvalue weighted by Crippen LogP contribution is 2.37. The summed E-state index contributed by atoms with van der Waals surface area (Å²) in [7, 11) is 0. The maximum absolute atomic E-state index is 6.00. The van der Waals surface area contributed by atoms with Gasteiger partial charge in [-0.3, -0.25) is 0 Å². The minimum Gasteiger partial charge on any atom is -0.373 e. The van der Waals surface area contributed by atoms with E-state index in [9.17, 15) is 0 Å². The van der Waals surface area contributed by atoms with Gasteiger partial charge in [0.05, 0.1) is 13.2 Å². The lowest BCUT2D eigenvalue weighted by Gasteiger charge is -2.30. The zero-order valence-corrected chi connectivity index (χ0v) is 27.4. The van der Waals surface area contributed by atoms with Crippen LogP contribution in [-0.2, 0) is 26.4 Å². The molecule has 0 aliphatic heterocycles. The largest absolute Gasteiger partial charge is 0.373 e. The van der Waals surface area contributed by atoms with Gasteiger partial charge in [-0.05, 0) is 80.7 Å². The molecule has 216 valence electrons. The molecule has 0 heterocycles. The molecule has 1 nitrogen and oxygen atoms in total. The van der Waals surface area contributed by atoms with E-state index in [2.05, 4.69) is 144 Å². The van der Waals surface area contributed by atoms with E-state index in [1.807, 2.05) is 0 Å². The van der Waals surface area contributed by atoms with Gasteiger partial charge < -0.3 is 4.74 Å². The normalized spacial score (nSPS) is 13.6. The maximum Gasteiger partial charge on any atom is 0.0655 e. The highest BCUT2D eigenvalue weighted by Gasteiger charge is 2.26. The van der Waals surface area contributed by atoms with Gasteiger partial charge >= 0.3 is 0 Å². The molecule has 0 N–H and O–H groups in total. The summed E-state index contributed by atoms with van der Waals surface area (Å²) in [4.78, 5) is 0. The Morgan fingerprint density at radius 2 is 0.846 bits per heavy atom. The summed E-state index contributed by atoms with van der Waals surface area (Å²) in [5, 5.41) is 0. The first-order chi connectivity index (χ1) is 18.1. The second-order valence-electron chi connectivity index (χ2n) is 13.9. The Kier molecular flexibility index (Phi) is 11.4. The first kappa shape index (κ1) is 33.1. The highest BCUT2D eigenvalue weighted by molar-refractivity contribution is 5.58. The Labute approximate surface area is 242 Å². The lowest BCUT2D eigenvalue weighted by atomic mass is 9.75. The van der Waals surface area contributed by atoms with Crippen molar-refractivity contribution in [3.8, 4) is 0 Å². The van der Waals surface area contributed by atoms with Crippen molar-refractivity contribution in [2.75, 3.05) is 13.2 Å². The first-order valence-electron chi connectivity index (χ1n) is 15.4. The Hall–Kier alpha value is -2.12. The fourth-order valence-corrected chi connectivity index (χ4v) is 4.76. The molecule has 0 amide bonds.